The number of rotatable bonds is 2. The highest BCUT2D eigenvalue weighted by molar-refractivity contribution is 6.02. The second kappa shape index (κ2) is 5.29. The van der Waals surface area contributed by atoms with Crippen molar-refractivity contribution >= 4 is 11.8 Å². The molecule has 0 aromatic heterocycles. The largest absolute Gasteiger partial charge is 0.423 e. The molecule has 0 radical (unpaired) electrons. The average molecular weight is 266 g/mol. The van der Waals surface area contributed by atoms with Gasteiger partial charge in [-0.3, -0.25) is 4.79 Å². The summed E-state index contributed by atoms with van der Waals surface area (Å²) < 4.78 is 5.35. The first-order valence-electron chi connectivity index (χ1n) is 6.68. The molecule has 0 aliphatic heterocycles. The van der Waals surface area contributed by atoms with Crippen molar-refractivity contribution in [1.82, 2.24) is 0 Å². The second-order valence-corrected chi connectivity index (χ2v) is 4.81. The fourth-order valence-electron chi connectivity index (χ4n) is 2.52. The van der Waals surface area contributed by atoms with Crippen LogP contribution in [0.2, 0.25) is 0 Å². The Morgan fingerprint density at radius 3 is 2.55 bits per heavy atom. The van der Waals surface area contributed by atoms with Crippen molar-refractivity contribution in [2.45, 2.75) is 19.3 Å². The number of esters is 1. The van der Waals surface area contributed by atoms with Gasteiger partial charge in [-0.1, -0.05) is 30.3 Å². The maximum absolute atomic E-state index is 12.3. The Kier molecular flexibility index (Phi) is 3.33. The fraction of sp³-hybridized carbons (Fsp3) is 0.176. The first-order valence-corrected chi connectivity index (χ1v) is 6.68. The molecular formula is C17H14O3. The zero-order valence-electron chi connectivity index (χ0n) is 11.0. The van der Waals surface area contributed by atoms with Gasteiger partial charge in [0.15, 0.2) is 5.78 Å². The molecule has 0 N–H and O–H groups in total. The summed E-state index contributed by atoms with van der Waals surface area (Å²) in [6.45, 7) is 0. The van der Waals surface area contributed by atoms with Crippen molar-refractivity contribution < 1.29 is 14.3 Å². The molecule has 0 heterocycles. The van der Waals surface area contributed by atoms with Crippen LogP contribution in [0.25, 0.3) is 0 Å². The molecule has 0 spiro atoms. The zero-order chi connectivity index (χ0) is 13.9. The van der Waals surface area contributed by atoms with E-state index in [9.17, 15) is 9.59 Å². The molecule has 100 valence electrons. The van der Waals surface area contributed by atoms with Crippen molar-refractivity contribution in [1.29, 1.82) is 0 Å². The van der Waals surface area contributed by atoms with Crippen molar-refractivity contribution in [2.75, 3.05) is 0 Å². The Morgan fingerprint density at radius 1 is 0.950 bits per heavy atom. The minimum atomic E-state index is -0.400. The molecule has 0 atom stereocenters. The van der Waals surface area contributed by atoms with Crippen LogP contribution < -0.4 is 4.74 Å². The number of ketones is 1. The highest BCUT2D eigenvalue weighted by Gasteiger charge is 2.23. The van der Waals surface area contributed by atoms with E-state index < -0.39 is 5.97 Å². The van der Waals surface area contributed by atoms with Gasteiger partial charge in [0.25, 0.3) is 0 Å². The molecule has 3 heteroatoms. The SMILES string of the molecule is O=C1CCCc2c1cccc2C(=O)Oc1ccccc1. The molecule has 20 heavy (non-hydrogen) atoms. The van der Waals surface area contributed by atoms with Crippen molar-refractivity contribution in [3.05, 3.63) is 65.2 Å². The minimum absolute atomic E-state index is 0.112. The molecule has 0 saturated carbocycles. The van der Waals surface area contributed by atoms with Gasteiger partial charge in [0.2, 0.25) is 0 Å². The van der Waals surface area contributed by atoms with E-state index in [0.717, 1.165) is 18.4 Å². The molecule has 1 aliphatic rings. The quantitative estimate of drug-likeness (QED) is 0.618. The number of hydrogen-bond acceptors (Lipinski definition) is 3. The van der Waals surface area contributed by atoms with Crippen LogP contribution >= 0.6 is 0 Å². The molecule has 3 nitrogen and oxygen atoms in total. The summed E-state index contributed by atoms with van der Waals surface area (Å²) in [6.07, 6.45) is 2.10. The van der Waals surface area contributed by atoms with Gasteiger partial charge >= 0.3 is 5.97 Å². The lowest BCUT2D eigenvalue weighted by atomic mass is 9.87. The number of ether oxygens (including phenoxy) is 1. The Morgan fingerprint density at radius 2 is 1.75 bits per heavy atom. The summed E-state index contributed by atoms with van der Waals surface area (Å²) in [6, 6.07) is 14.2. The van der Waals surface area contributed by atoms with Crippen molar-refractivity contribution in [2.24, 2.45) is 0 Å². The zero-order valence-corrected chi connectivity index (χ0v) is 11.0. The van der Waals surface area contributed by atoms with Crippen LogP contribution in [0.1, 0.15) is 39.1 Å². The molecule has 0 saturated heterocycles. The van der Waals surface area contributed by atoms with E-state index >= 15 is 0 Å². The Labute approximate surface area is 117 Å². The summed E-state index contributed by atoms with van der Waals surface area (Å²) >= 11 is 0. The molecule has 0 unspecified atom stereocenters. The monoisotopic (exact) mass is 266 g/mol. The normalized spacial score (nSPS) is 13.7. The van der Waals surface area contributed by atoms with Crippen LogP contribution in [-0.4, -0.2) is 11.8 Å². The number of hydrogen-bond donors (Lipinski definition) is 0. The molecule has 0 fully saturated rings. The van der Waals surface area contributed by atoms with Gasteiger partial charge in [-0.25, -0.2) is 4.79 Å². The third-order valence-electron chi connectivity index (χ3n) is 3.48. The number of fused-ring (bicyclic) bond motifs is 1. The first-order chi connectivity index (χ1) is 9.75. The predicted octanol–water partition coefficient (Wildman–Crippen LogP) is 3.42. The van der Waals surface area contributed by atoms with Gasteiger partial charge in [0.1, 0.15) is 5.75 Å². The van der Waals surface area contributed by atoms with Crippen LogP contribution in [0.4, 0.5) is 0 Å². The summed E-state index contributed by atoms with van der Waals surface area (Å²) in [5.74, 6) is 0.223. The van der Waals surface area contributed by atoms with Gasteiger partial charge in [0.05, 0.1) is 5.56 Å². The van der Waals surface area contributed by atoms with E-state index in [1.54, 1.807) is 30.3 Å². The van der Waals surface area contributed by atoms with Crippen LogP contribution in [0, 0.1) is 0 Å². The van der Waals surface area contributed by atoms with Gasteiger partial charge in [-0.05, 0) is 36.6 Å². The van der Waals surface area contributed by atoms with Crippen LogP contribution in [-0.2, 0) is 6.42 Å². The number of carbonyl (C=O) groups is 2. The second-order valence-electron chi connectivity index (χ2n) is 4.81. The fourth-order valence-corrected chi connectivity index (χ4v) is 2.52. The minimum Gasteiger partial charge on any atom is -0.423 e. The molecule has 2 aromatic rings. The smallest absolute Gasteiger partial charge is 0.343 e. The molecule has 0 bridgehead atoms. The topological polar surface area (TPSA) is 43.4 Å². The lowest BCUT2D eigenvalue weighted by Gasteiger charge is -2.17. The van der Waals surface area contributed by atoms with Gasteiger partial charge < -0.3 is 4.74 Å². The molecule has 1 aliphatic carbocycles. The summed E-state index contributed by atoms with van der Waals surface area (Å²) in [4.78, 5) is 24.1. The van der Waals surface area contributed by atoms with Crippen LogP contribution in [0.5, 0.6) is 5.75 Å². The Bertz CT molecular complexity index is 659. The molecule has 3 rings (SSSR count). The van der Waals surface area contributed by atoms with Crippen LogP contribution in [0.15, 0.2) is 48.5 Å². The van der Waals surface area contributed by atoms with Gasteiger partial charge in [0, 0.05) is 12.0 Å². The van der Waals surface area contributed by atoms with Crippen LogP contribution in [0.3, 0.4) is 0 Å². The highest BCUT2D eigenvalue weighted by atomic mass is 16.5. The number of benzene rings is 2. The van der Waals surface area contributed by atoms with E-state index in [1.165, 1.54) is 0 Å². The van der Waals surface area contributed by atoms with E-state index in [0.29, 0.717) is 23.3 Å². The van der Waals surface area contributed by atoms with E-state index in [1.807, 2.05) is 18.2 Å². The van der Waals surface area contributed by atoms with Crippen molar-refractivity contribution in [3.63, 3.8) is 0 Å². The summed E-state index contributed by atoms with van der Waals surface area (Å²) in [5.41, 5.74) is 1.99. The molecule has 0 amide bonds. The standard InChI is InChI=1S/C17H14O3/c18-16-11-5-8-13-14(16)9-4-10-15(13)17(19)20-12-6-2-1-3-7-12/h1-4,6-7,9-10H,5,8,11H2. The average Bonchev–Trinajstić information content (AvgIpc) is 2.48. The Hall–Kier alpha value is -2.42. The lowest BCUT2D eigenvalue weighted by Crippen LogP contribution is -2.18. The molecule has 2 aromatic carbocycles. The predicted molar refractivity (Wildman–Crippen MR) is 75.1 cm³/mol. The highest BCUT2D eigenvalue weighted by Crippen LogP contribution is 2.25. The van der Waals surface area contributed by atoms with E-state index in [4.69, 9.17) is 4.74 Å². The third kappa shape index (κ3) is 2.35. The summed E-state index contributed by atoms with van der Waals surface area (Å²) in [5, 5.41) is 0. The Balaban J connectivity index is 1.93. The number of carbonyl (C=O) groups excluding carboxylic acids is 2. The maximum atomic E-state index is 12.3. The number of Topliss-reactive ketones (excluding diaryl/α,β-unsaturated/α-hetero) is 1. The number of para-hydroxylation sites is 1. The van der Waals surface area contributed by atoms with Gasteiger partial charge in [-0.2, -0.15) is 0 Å². The van der Waals surface area contributed by atoms with Gasteiger partial charge in [-0.15, -0.1) is 0 Å². The maximum Gasteiger partial charge on any atom is 0.343 e. The lowest BCUT2D eigenvalue weighted by molar-refractivity contribution is 0.0733. The van der Waals surface area contributed by atoms with Crippen molar-refractivity contribution in [3.8, 4) is 5.75 Å². The first kappa shape index (κ1) is 12.6. The van der Waals surface area contributed by atoms with E-state index in [2.05, 4.69) is 0 Å². The molecular weight excluding hydrogens is 252 g/mol. The summed E-state index contributed by atoms with van der Waals surface area (Å²) in [7, 11) is 0. The van der Waals surface area contributed by atoms with E-state index in [-0.39, 0.29) is 5.78 Å². The third-order valence-corrected chi connectivity index (χ3v) is 3.48.